The highest BCUT2D eigenvalue weighted by Crippen LogP contribution is 2.26. The van der Waals surface area contributed by atoms with Gasteiger partial charge >= 0.3 is 0 Å². The van der Waals surface area contributed by atoms with Crippen LogP contribution < -0.4 is 5.32 Å². The lowest BCUT2D eigenvalue weighted by Gasteiger charge is -2.07. The number of nitrogens with one attached hydrogen (secondary N) is 1. The lowest BCUT2D eigenvalue weighted by atomic mass is 10.2. The van der Waals surface area contributed by atoms with Crippen molar-refractivity contribution in [3.63, 3.8) is 0 Å². The molecule has 2 rings (SSSR count). The van der Waals surface area contributed by atoms with E-state index in [2.05, 4.69) is 21.2 Å². The number of phenolic OH excluding ortho intramolecular Hbond substituents is 1. The Morgan fingerprint density at radius 1 is 1.12 bits per heavy atom. The van der Waals surface area contributed by atoms with Gasteiger partial charge in [-0.05, 0) is 35.9 Å². The number of halogens is 2. The van der Waals surface area contributed by atoms with Gasteiger partial charge in [0.15, 0.2) is 0 Å². The molecule has 0 spiro atoms. The summed E-state index contributed by atoms with van der Waals surface area (Å²) >= 11 is 9.21. The SMILES string of the molecule is Oc1ccc(NCc2ccc(Br)cc2)cc1Cl. The Bertz CT molecular complexity index is 513. The van der Waals surface area contributed by atoms with Crippen LogP contribution in [0.1, 0.15) is 5.56 Å². The van der Waals surface area contributed by atoms with Crippen molar-refractivity contribution in [3.8, 4) is 5.75 Å². The maximum Gasteiger partial charge on any atom is 0.134 e. The Labute approximate surface area is 113 Å². The molecule has 0 amide bonds. The molecule has 4 heteroatoms. The minimum Gasteiger partial charge on any atom is -0.506 e. The molecule has 0 unspecified atom stereocenters. The number of hydrogen-bond donors (Lipinski definition) is 2. The van der Waals surface area contributed by atoms with Gasteiger partial charge in [0.25, 0.3) is 0 Å². The zero-order chi connectivity index (χ0) is 12.3. The van der Waals surface area contributed by atoms with E-state index in [1.54, 1.807) is 18.2 Å². The molecule has 0 saturated carbocycles. The molecule has 0 radical (unpaired) electrons. The fourth-order valence-electron chi connectivity index (χ4n) is 1.42. The van der Waals surface area contributed by atoms with Crippen molar-refractivity contribution >= 4 is 33.2 Å². The molecule has 2 N–H and O–H groups in total. The molecule has 2 nitrogen and oxygen atoms in total. The molecule has 0 aliphatic heterocycles. The molecule has 0 aromatic heterocycles. The molecule has 2 aromatic carbocycles. The number of anilines is 1. The molecule has 0 aliphatic carbocycles. The molecule has 0 bridgehead atoms. The van der Waals surface area contributed by atoms with Crippen LogP contribution in [0.4, 0.5) is 5.69 Å². The molecule has 0 fully saturated rings. The quantitative estimate of drug-likeness (QED) is 0.822. The van der Waals surface area contributed by atoms with Crippen LogP contribution >= 0.6 is 27.5 Å². The van der Waals surface area contributed by atoms with E-state index in [0.717, 1.165) is 10.2 Å². The molecule has 88 valence electrons. The van der Waals surface area contributed by atoms with Crippen molar-refractivity contribution in [2.24, 2.45) is 0 Å². The zero-order valence-electron chi connectivity index (χ0n) is 8.95. The van der Waals surface area contributed by atoms with Gasteiger partial charge in [-0.2, -0.15) is 0 Å². The van der Waals surface area contributed by atoms with Gasteiger partial charge in [0.2, 0.25) is 0 Å². The Morgan fingerprint density at radius 2 is 1.82 bits per heavy atom. The smallest absolute Gasteiger partial charge is 0.134 e. The molecule has 0 aliphatic rings. The second-order valence-electron chi connectivity index (χ2n) is 3.65. The summed E-state index contributed by atoms with van der Waals surface area (Å²) in [6.07, 6.45) is 0. The lowest BCUT2D eigenvalue weighted by molar-refractivity contribution is 0.475. The van der Waals surface area contributed by atoms with Crippen LogP contribution in [0.3, 0.4) is 0 Å². The summed E-state index contributed by atoms with van der Waals surface area (Å²) < 4.78 is 1.06. The summed E-state index contributed by atoms with van der Waals surface area (Å²) in [5.74, 6) is 0.0980. The predicted octanol–water partition coefficient (Wildman–Crippen LogP) is 4.42. The van der Waals surface area contributed by atoms with Crippen LogP contribution in [-0.2, 0) is 6.54 Å². The maximum atomic E-state index is 9.29. The van der Waals surface area contributed by atoms with E-state index in [1.807, 2.05) is 24.3 Å². The molecule has 0 atom stereocenters. The van der Waals surface area contributed by atoms with Crippen LogP contribution in [0.25, 0.3) is 0 Å². The summed E-state index contributed by atoms with van der Waals surface area (Å²) in [5, 5.41) is 12.9. The van der Waals surface area contributed by atoms with Gasteiger partial charge in [-0.15, -0.1) is 0 Å². The standard InChI is InChI=1S/C13H11BrClNO/c14-10-3-1-9(2-4-10)8-16-11-5-6-13(17)12(15)7-11/h1-7,16-17H,8H2. The third-order valence-electron chi connectivity index (χ3n) is 2.36. The monoisotopic (exact) mass is 311 g/mol. The van der Waals surface area contributed by atoms with E-state index < -0.39 is 0 Å². The minimum atomic E-state index is 0.0980. The third-order valence-corrected chi connectivity index (χ3v) is 3.19. The van der Waals surface area contributed by atoms with Gasteiger partial charge in [0, 0.05) is 16.7 Å². The van der Waals surface area contributed by atoms with Crippen LogP contribution in [0.5, 0.6) is 5.75 Å². The Hall–Kier alpha value is -1.19. The average Bonchev–Trinajstić information content (AvgIpc) is 2.33. The molecule has 0 saturated heterocycles. The lowest BCUT2D eigenvalue weighted by Crippen LogP contribution is -1.98. The highest BCUT2D eigenvalue weighted by atomic mass is 79.9. The van der Waals surface area contributed by atoms with E-state index in [4.69, 9.17) is 11.6 Å². The molecule has 2 aromatic rings. The Morgan fingerprint density at radius 3 is 2.47 bits per heavy atom. The van der Waals surface area contributed by atoms with E-state index in [-0.39, 0.29) is 5.75 Å². The minimum absolute atomic E-state index is 0.0980. The maximum absolute atomic E-state index is 9.29. The van der Waals surface area contributed by atoms with Gasteiger partial charge in [-0.1, -0.05) is 39.7 Å². The Kier molecular flexibility index (Phi) is 3.92. The summed E-state index contributed by atoms with van der Waals surface area (Å²) in [5.41, 5.74) is 2.06. The molecule has 0 heterocycles. The number of hydrogen-bond acceptors (Lipinski definition) is 2. The van der Waals surface area contributed by atoms with Gasteiger partial charge in [-0.3, -0.25) is 0 Å². The highest BCUT2D eigenvalue weighted by molar-refractivity contribution is 9.10. The molecular weight excluding hydrogens is 302 g/mol. The van der Waals surface area contributed by atoms with Gasteiger partial charge in [-0.25, -0.2) is 0 Å². The van der Waals surface area contributed by atoms with E-state index in [9.17, 15) is 5.11 Å². The van der Waals surface area contributed by atoms with E-state index in [0.29, 0.717) is 11.6 Å². The van der Waals surface area contributed by atoms with Crippen LogP contribution in [0.2, 0.25) is 5.02 Å². The highest BCUT2D eigenvalue weighted by Gasteiger charge is 1.99. The first-order valence-corrected chi connectivity index (χ1v) is 6.29. The summed E-state index contributed by atoms with van der Waals surface area (Å²) in [6, 6.07) is 13.2. The van der Waals surface area contributed by atoms with Crippen molar-refractivity contribution in [1.82, 2.24) is 0 Å². The first-order valence-electron chi connectivity index (χ1n) is 5.12. The fourth-order valence-corrected chi connectivity index (χ4v) is 1.87. The van der Waals surface area contributed by atoms with Crippen LogP contribution in [0, 0.1) is 0 Å². The van der Waals surface area contributed by atoms with Crippen molar-refractivity contribution in [1.29, 1.82) is 0 Å². The summed E-state index contributed by atoms with van der Waals surface area (Å²) in [4.78, 5) is 0. The van der Waals surface area contributed by atoms with Gasteiger partial charge in [0.1, 0.15) is 5.75 Å². The molecule has 17 heavy (non-hydrogen) atoms. The topological polar surface area (TPSA) is 32.3 Å². The summed E-state index contributed by atoms with van der Waals surface area (Å²) in [7, 11) is 0. The number of aromatic hydroxyl groups is 1. The van der Waals surface area contributed by atoms with Crippen LogP contribution in [0.15, 0.2) is 46.9 Å². The number of rotatable bonds is 3. The predicted molar refractivity (Wildman–Crippen MR) is 74.6 cm³/mol. The first-order chi connectivity index (χ1) is 8.15. The van der Waals surface area contributed by atoms with Crippen LogP contribution in [-0.4, -0.2) is 5.11 Å². The van der Waals surface area contributed by atoms with E-state index in [1.165, 1.54) is 5.56 Å². The molecular formula is C13H11BrClNO. The largest absolute Gasteiger partial charge is 0.506 e. The average molecular weight is 313 g/mol. The number of phenols is 1. The Balaban J connectivity index is 2.02. The third kappa shape index (κ3) is 3.38. The van der Waals surface area contributed by atoms with E-state index >= 15 is 0 Å². The van der Waals surface area contributed by atoms with Crippen molar-refractivity contribution in [2.45, 2.75) is 6.54 Å². The number of benzene rings is 2. The van der Waals surface area contributed by atoms with Gasteiger partial charge in [0.05, 0.1) is 5.02 Å². The fraction of sp³-hybridized carbons (Fsp3) is 0.0769. The second-order valence-corrected chi connectivity index (χ2v) is 4.97. The van der Waals surface area contributed by atoms with Crippen molar-refractivity contribution in [3.05, 3.63) is 57.5 Å². The van der Waals surface area contributed by atoms with Crippen molar-refractivity contribution in [2.75, 3.05) is 5.32 Å². The summed E-state index contributed by atoms with van der Waals surface area (Å²) in [6.45, 7) is 0.717. The van der Waals surface area contributed by atoms with Gasteiger partial charge < -0.3 is 10.4 Å². The zero-order valence-corrected chi connectivity index (χ0v) is 11.3. The first kappa shape index (κ1) is 12.3. The van der Waals surface area contributed by atoms with Crippen molar-refractivity contribution < 1.29 is 5.11 Å². The second kappa shape index (κ2) is 5.43. The normalized spacial score (nSPS) is 10.2.